The first-order valence-electron chi connectivity index (χ1n) is 4.88. The van der Waals surface area contributed by atoms with Gasteiger partial charge < -0.3 is 15.2 Å². The van der Waals surface area contributed by atoms with Crippen LogP contribution in [0, 0.1) is 6.07 Å². The van der Waals surface area contributed by atoms with E-state index in [0.717, 1.165) is 5.56 Å². The van der Waals surface area contributed by atoms with Crippen LogP contribution in [0.5, 0.6) is 11.5 Å². The summed E-state index contributed by atoms with van der Waals surface area (Å²) in [7, 11) is 0. The van der Waals surface area contributed by atoms with E-state index in [-0.39, 0.29) is 0 Å². The molecule has 0 saturated heterocycles. The number of hydrogen-bond donors (Lipinski definition) is 1. The molecule has 1 atom stereocenters. The van der Waals surface area contributed by atoms with Crippen LogP contribution in [-0.2, 0) is 0 Å². The van der Waals surface area contributed by atoms with E-state index in [2.05, 4.69) is 11.1 Å². The van der Waals surface area contributed by atoms with Gasteiger partial charge in [0.25, 0.3) is 6.29 Å². The maximum Gasteiger partial charge on any atom is 0.271 e. The minimum atomic E-state index is -0.514. The Labute approximate surface area is 92.6 Å². The summed E-state index contributed by atoms with van der Waals surface area (Å²) in [5, 5.41) is 0. The van der Waals surface area contributed by atoms with Crippen LogP contribution in [0.15, 0.2) is 36.5 Å². The number of hydrogen-bond acceptors (Lipinski definition) is 4. The smallest absolute Gasteiger partial charge is 0.271 e. The first-order chi connectivity index (χ1) is 7.84. The van der Waals surface area contributed by atoms with E-state index in [1.54, 1.807) is 24.4 Å². The van der Waals surface area contributed by atoms with Crippen molar-refractivity contribution in [2.45, 2.75) is 6.29 Å². The number of pyridine rings is 1. The van der Waals surface area contributed by atoms with Crippen molar-refractivity contribution in [2.75, 3.05) is 5.73 Å². The van der Waals surface area contributed by atoms with Crippen LogP contribution < -0.4 is 15.2 Å². The van der Waals surface area contributed by atoms with Gasteiger partial charge in [-0.2, -0.15) is 0 Å². The van der Waals surface area contributed by atoms with Gasteiger partial charge in [0.1, 0.15) is 5.82 Å². The van der Waals surface area contributed by atoms with Crippen molar-refractivity contribution in [1.29, 1.82) is 0 Å². The third-order valence-corrected chi connectivity index (χ3v) is 2.38. The Hall–Kier alpha value is -2.23. The minimum Gasteiger partial charge on any atom is -0.447 e. The summed E-state index contributed by atoms with van der Waals surface area (Å²) in [5.41, 5.74) is 6.49. The van der Waals surface area contributed by atoms with Crippen molar-refractivity contribution >= 4 is 5.82 Å². The molecule has 79 valence electrons. The highest BCUT2D eigenvalue weighted by Gasteiger charge is 2.27. The molecule has 0 saturated carbocycles. The monoisotopic (exact) mass is 213 g/mol. The lowest BCUT2D eigenvalue weighted by Gasteiger charge is -2.11. The third kappa shape index (κ3) is 1.35. The molecule has 0 aliphatic carbocycles. The lowest BCUT2D eigenvalue weighted by Crippen LogP contribution is -2.11. The Morgan fingerprint density at radius 3 is 2.94 bits per heavy atom. The largest absolute Gasteiger partial charge is 0.447 e. The average Bonchev–Trinajstić information content (AvgIpc) is 2.73. The molecule has 1 aliphatic heterocycles. The average molecular weight is 213 g/mol. The molecule has 1 aliphatic rings. The van der Waals surface area contributed by atoms with Gasteiger partial charge in [-0.05, 0) is 30.3 Å². The Kier molecular flexibility index (Phi) is 1.93. The van der Waals surface area contributed by atoms with E-state index in [1.807, 2.05) is 12.1 Å². The highest BCUT2D eigenvalue weighted by molar-refractivity contribution is 5.46. The van der Waals surface area contributed by atoms with Crippen LogP contribution >= 0.6 is 0 Å². The van der Waals surface area contributed by atoms with E-state index >= 15 is 0 Å². The third-order valence-electron chi connectivity index (χ3n) is 2.38. The van der Waals surface area contributed by atoms with E-state index < -0.39 is 6.29 Å². The molecule has 3 rings (SSSR count). The predicted molar refractivity (Wildman–Crippen MR) is 57.9 cm³/mol. The van der Waals surface area contributed by atoms with Gasteiger partial charge in [-0.25, -0.2) is 4.98 Å². The quantitative estimate of drug-likeness (QED) is 0.786. The van der Waals surface area contributed by atoms with Gasteiger partial charge in [-0.1, -0.05) is 6.07 Å². The molecule has 4 heteroatoms. The molecular weight excluding hydrogens is 204 g/mol. The van der Waals surface area contributed by atoms with Gasteiger partial charge in [-0.3, -0.25) is 0 Å². The molecule has 0 bridgehead atoms. The van der Waals surface area contributed by atoms with Crippen LogP contribution in [0.2, 0.25) is 0 Å². The van der Waals surface area contributed by atoms with Crippen molar-refractivity contribution in [3.05, 3.63) is 48.2 Å². The molecule has 16 heavy (non-hydrogen) atoms. The van der Waals surface area contributed by atoms with Crippen molar-refractivity contribution in [3.63, 3.8) is 0 Å². The Balaban J connectivity index is 1.95. The number of nitrogens with two attached hydrogens (primary N) is 1. The summed E-state index contributed by atoms with van der Waals surface area (Å²) in [5.74, 6) is 1.80. The molecule has 0 fully saturated rings. The zero-order valence-electron chi connectivity index (χ0n) is 8.38. The van der Waals surface area contributed by atoms with Crippen molar-refractivity contribution < 1.29 is 9.47 Å². The molecule has 1 radical (unpaired) electrons. The normalized spacial score (nSPS) is 14.0. The summed E-state index contributed by atoms with van der Waals surface area (Å²) in [6, 6.07) is 11.9. The van der Waals surface area contributed by atoms with Gasteiger partial charge in [-0.15, -0.1) is 0 Å². The van der Waals surface area contributed by atoms with Crippen molar-refractivity contribution in [2.24, 2.45) is 0 Å². The molecule has 1 unspecified atom stereocenters. The van der Waals surface area contributed by atoms with Gasteiger partial charge in [0.05, 0.1) is 5.56 Å². The number of nitrogen functional groups attached to an aromatic ring is 1. The van der Waals surface area contributed by atoms with E-state index in [4.69, 9.17) is 15.2 Å². The topological polar surface area (TPSA) is 57.4 Å². The summed E-state index contributed by atoms with van der Waals surface area (Å²) in [6.45, 7) is 0. The summed E-state index contributed by atoms with van der Waals surface area (Å²) in [6.07, 6.45) is 1.12. The molecule has 1 aromatic heterocycles. The lowest BCUT2D eigenvalue weighted by atomic mass is 10.2. The molecule has 4 nitrogen and oxygen atoms in total. The number of benzene rings is 1. The van der Waals surface area contributed by atoms with Crippen LogP contribution in [0.4, 0.5) is 5.82 Å². The Morgan fingerprint density at radius 2 is 2.12 bits per heavy atom. The summed E-state index contributed by atoms with van der Waals surface area (Å²) < 4.78 is 11.2. The highest BCUT2D eigenvalue weighted by atomic mass is 16.7. The van der Waals surface area contributed by atoms with E-state index in [9.17, 15) is 0 Å². The van der Waals surface area contributed by atoms with Gasteiger partial charge in [0, 0.05) is 6.20 Å². The van der Waals surface area contributed by atoms with Crippen LogP contribution in [0.1, 0.15) is 11.9 Å². The van der Waals surface area contributed by atoms with Crippen molar-refractivity contribution in [1.82, 2.24) is 4.98 Å². The number of rotatable bonds is 1. The second-order valence-electron chi connectivity index (χ2n) is 3.42. The molecule has 1 aromatic carbocycles. The molecule has 2 heterocycles. The van der Waals surface area contributed by atoms with Gasteiger partial charge in [0.2, 0.25) is 0 Å². The first kappa shape index (κ1) is 9.03. The molecule has 0 spiro atoms. The fourth-order valence-electron chi connectivity index (χ4n) is 1.60. The van der Waals surface area contributed by atoms with E-state index in [0.29, 0.717) is 17.3 Å². The predicted octanol–water partition coefficient (Wildman–Crippen LogP) is 1.93. The number of nitrogens with zero attached hydrogens (tertiary/aromatic N) is 1. The minimum absolute atomic E-state index is 0.421. The van der Waals surface area contributed by atoms with Gasteiger partial charge in [0.15, 0.2) is 11.5 Å². The van der Waals surface area contributed by atoms with Crippen molar-refractivity contribution in [3.8, 4) is 11.5 Å². The Bertz CT molecular complexity index is 503. The molecule has 2 N–H and O–H groups in total. The fraction of sp³-hybridized carbons (Fsp3) is 0.0833. The lowest BCUT2D eigenvalue weighted by molar-refractivity contribution is 0.0491. The first-order valence-corrected chi connectivity index (χ1v) is 4.88. The van der Waals surface area contributed by atoms with Crippen LogP contribution in [0.25, 0.3) is 0 Å². The summed E-state index contributed by atoms with van der Waals surface area (Å²) in [4.78, 5) is 4.00. The maximum atomic E-state index is 5.76. The fourth-order valence-corrected chi connectivity index (χ4v) is 1.60. The van der Waals surface area contributed by atoms with Crippen LogP contribution in [-0.4, -0.2) is 4.98 Å². The Morgan fingerprint density at radius 1 is 1.25 bits per heavy atom. The highest BCUT2D eigenvalue weighted by Crippen LogP contribution is 2.40. The van der Waals surface area contributed by atoms with Crippen LogP contribution in [0.3, 0.4) is 0 Å². The number of fused-ring (bicyclic) bond motifs is 1. The SMILES string of the molecule is Nc1ncccc1C1Oc2c[c]ccc2O1. The molecular formula is C12H9N2O2. The number of ether oxygens (including phenoxy) is 2. The zero-order valence-corrected chi connectivity index (χ0v) is 8.38. The number of anilines is 1. The second-order valence-corrected chi connectivity index (χ2v) is 3.42. The second kappa shape index (κ2) is 3.41. The maximum absolute atomic E-state index is 5.76. The van der Waals surface area contributed by atoms with Gasteiger partial charge >= 0.3 is 0 Å². The molecule has 0 amide bonds. The zero-order chi connectivity index (χ0) is 11.0. The number of aromatic nitrogens is 1. The standard InChI is InChI=1S/C12H9N2O2/c13-11-8(4-3-7-14-11)12-15-9-5-1-2-6-10(9)16-12/h1,3-7,12H,(H2,13,14). The van der Waals surface area contributed by atoms with E-state index in [1.165, 1.54) is 0 Å². The summed E-state index contributed by atoms with van der Waals surface area (Å²) >= 11 is 0. The molecule has 2 aromatic rings.